The number of para-hydroxylation sites is 1. The average molecular weight is 272 g/mol. The highest BCUT2D eigenvalue weighted by atomic mass is 16.3. The highest BCUT2D eigenvalue weighted by Crippen LogP contribution is 2.24. The first-order valence-electron chi connectivity index (χ1n) is 7.29. The summed E-state index contributed by atoms with van der Waals surface area (Å²) in [5, 5.41) is 10.2. The summed E-state index contributed by atoms with van der Waals surface area (Å²) in [7, 11) is 0. The zero-order valence-electron chi connectivity index (χ0n) is 11.5. The normalized spacial score (nSPS) is 19.4. The number of hydrogen-bond donors (Lipinski definition) is 2. The van der Waals surface area contributed by atoms with Crippen LogP contribution in [0.4, 0.5) is 0 Å². The number of benzene rings is 1. The van der Waals surface area contributed by atoms with Gasteiger partial charge in [0.25, 0.3) is 5.91 Å². The molecule has 2 heterocycles. The van der Waals surface area contributed by atoms with Crippen LogP contribution in [0, 0.1) is 0 Å². The fourth-order valence-electron chi connectivity index (χ4n) is 3.13. The zero-order chi connectivity index (χ0) is 13.9. The third-order valence-corrected chi connectivity index (χ3v) is 4.17. The van der Waals surface area contributed by atoms with Crippen molar-refractivity contribution < 1.29 is 9.90 Å². The number of rotatable bonds is 3. The molecule has 0 spiro atoms. The smallest absolute Gasteiger partial charge is 0.256 e. The van der Waals surface area contributed by atoms with Crippen LogP contribution in [0.5, 0.6) is 0 Å². The van der Waals surface area contributed by atoms with E-state index in [9.17, 15) is 9.90 Å². The third-order valence-electron chi connectivity index (χ3n) is 4.17. The lowest BCUT2D eigenvalue weighted by atomic mass is 9.98. The first kappa shape index (κ1) is 13.2. The molecule has 2 aromatic rings. The number of amides is 1. The number of aromatic amines is 1. The van der Waals surface area contributed by atoms with Gasteiger partial charge in [0.1, 0.15) is 0 Å². The quantitative estimate of drug-likeness (QED) is 0.902. The van der Waals surface area contributed by atoms with E-state index < -0.39 is 0 Å². The van der Waals surface area contributed by atoms with Gasteiger partial charge in [-0.3, -0.25) is 4.79 Å². The first-order valence-corrected chi connectivity index (χ1v) is 7.29. The summed E-state index contributed by atoms with van der Waals surface area (Å²) >= 11 is 0. The fraction of sp³-hybridized carbons (Fsp3) is 0.438. The standard InChI is InChI=1S/C16H20N2O2/c19-11-8-13-5-1-2-10-18(13)16(20)14-6-3-4-12-7-9-17-15(12)14/h3-4,6-7,9,13,17,19H,1-2,5,8,10-11H2. The van der Waals surface area contributed by atoms with Crippen LogP contribution in [-0.2, 0) is 0 Å². The van der Waals surface area contributed by atoms with Gasteiger partial charge in [-0.25, -0.2) is 0 Å². The van der Waals surface area contributed by atoms with Crippen molar-refractivity contribution in [3.05, 3.63) is 36.0 Å². The Balaban J connectivity index is 1.92. The van der Waals surface area contributed by atoms with Crippen molar-refractivity contribution in [2.24, 2.45) is 0 Å². The molecule has 0 radical (unpaired) electrons. The number of aliphatic hydroxyl groups excluding tert-OH is 1. The molecule has 0 saturated carbocycles. The van der Waals surface area contributed by atoms with E-state index in [-0.39, 0.29) is 18.6 Å². The molecule has 1 aromatic heterocycles. The van der Waals surface area contributed by atoms with Crippen molar-refractivity contribution in [2.75, 3.05) is 13.2 Å². The number of nitrogens with one attached hydrogen (secondary N) is 1. The lowest BCUT2D eigenvalue weighted by molar-refractivity contribution is 0.0576. The Morgan fingerprint density at radius 1 is 1.35 bits per heavy atom. The van der Waals surface area contributed by atoms with E-state index in [2.05, 4.69) is 4.98 Å². The minimum Gasteiger partial charge on any atom is -0.396 e. The molecule has 2 N–H and O–H groups in total. The van der Waals surface area contributed by atoms with E-state index in [1.54, 1.807) is 0 Å². The molecule has 0 aliphatic carbocycles. The van der Waals surface area contributed by atoms with Crippen LogP contribution in [0.1, 0.15) is 36.0 Å². The van der Waals surface area contributed by atoms with E-state index in [0.717, 1.165) is 42.3 Å². The molecule has 4 heteroatoms. The molecule has 1 aliphatic heterocycles. The summed E-state index contributed by atoms with van der Waals surface area (Å²) in [5.41, 5.74) is 1.64. The predicted octanol–water partition coefficient (Wildman–Crippen LogP) is 2.55. The summed E-state index contributed by atoms with van der Waals surface area (Å²) in [6, 6.07) is 7.96. The summed E-state index contributed by atoms with van der Waals surface area (Å²) in [5.74, 6) is 0.0798. The van der Waals surface area contributed by atoms with E-state index in [4.69, 9.17) is 0 Å². The molecule has 1 fully saturated rings. The van der Waals surface area contributed by atoms with Crippen LogP contribution in [0.25, 0.3) is 10.9 Å². The summed E-state index contributed by atoms with van der Waals surface area (Å²) in [6.07, 6.45) is 5.72. The van der Waals surface area contributed by atoms with Crippen LogP contribution in [0.2, 0.25) is 0 Å². The monoisotopic (exact) mass is 272 g/mol. The molecule has 1 atom stereocenters. The van der Waals surface area contributed by atoms with Crippen molar-refractivity contribution in [2.45, 2.75) is 31.7 Å². The molecule has 1 aliphatic rings. The number of nitrogens with zero attached hydrogens (tertiary/aromatic N) is 1. The lowest BCUT2D eigenvalue weighted by Crippen LogP contribution is -2.44. The van der Waals surface area contributed by atoms with Gasteiger partial charge in [-0.1, -0.05) is 12.1 Å². The second kappa shape index (κ2) is 5.67. The second-order valence-electron chi connectivity index (χ2n) is 5.41. The zero-order valence-corrected chi connectivity index (χ0v) is 11.5. The molecule has 3 rings (SSSR count). The van der Waals surface area contributed by atoms with Crippen molar-refractivity contribution in [1.29, 1.82) is 0 Å². The van der Waals surface area contributed by atoms with Gasteiger partial charge in [0, 0.05) is 30.8 Å². The van der Waals surface area contributed by atoms with Gasteiger partial charge < -0.3 is 15.0 Å². The minimum absolute atomic E-state index is 0.0798. The number of carbonyl (C=O) groups excluding carboxylic acids is 1. The summed E-state index contributed by atoms with van der Waals surface area (Å²) in [6.45, 7) is 0.932. The molecule has 4 nitrogen and oxygen atoms in total. The molecule has 1 saturated heterocycles. The number of aromatic nitrogens is 1. The van der Waals surface area contributed by atoms with Crippen LogP contribution < -0.4 is 0 Å². The van der Waals surface area contributed by atoms with Crippen molar-refractivity contribution >= 4 is 16.8 Å². The van der Waals surface area contributed by atoms with Crippen LogP contribution in [0.15, 0.2) is 30.5 Å². The topological polar surface area (TPSA) is 56.3 Å². The molecule has 106 valence electrons. The Hall–Kier alpha value is -1.81. The maximum absolute atomic E-state index is 12.8. The molecule has 1 amide bonds. The SMILES string of the molecule is O=C(c1cccc2cc[nH]c12)N1CCCCC1CCO. The first-order chi connectivity index (χ1) is 9.81. The van der Waals surface area contributed by atoms with Gasteiger partial charge in [0.15, 0.2) is 0 Å². The Bertz CT molecular complexity index is 603. The Kier molecular flexibility index (Phi) is 3.74. The largest absolute Gasteiger partial charge is 0.396 e. The second-order valence-corrected chi connectivity index (χ2v) is 5.41. The van der Waals surface area contributed by atoms with Crippen molar-refractivity contribution in [1.82, 2.24) is 9.88 Å². The van der Waals surface area contributed by atoms with Gasteiger partial charge in [-0.2, -0.15) is 0 Å². The van der Waals surface area contributed by atoms with Crippen LogP contribution in [-0.4, -0.2) is 40.1 Å². The molecular formula is C16H20N2O2. The van der Waals surface area contributed by atoms with Gasteiger partial charge in [-0.15, -0.1) is 0 Å². The summed E-state index contributed by atoms with van der Waals surface area (Å²) in [4.78, 5) is 17.9. The molecule has 20 heavy (non-hydrogen) atoms. The van der Waals surface area contributed by atoms with E-state index >= 15 is 0 Å². The van der Waals surface area contributed by atoms with Crippen LogP contribution >= 0.6 is 0 Å². The van der Waals surface area contributed by atoms with E-state index in [1.165, 1.54) is 0 Å². The summed E-state index contributed by atoms with van der Waals surface area (Å²) < 4.78 is 0. The number of likely N-dealkylation sites (tertiary alicyclic amines) is 1. The van der Waals surface area contributed by atoms with Crippen molar-refractivity contribution in [3.63, 3.8) is 0 Å². The number of carbonyl (C=O) groups is 1. The minimum atomic E-state index is 0.0798. The number of piperidine rings is 1. The van der Waals surface area contributed by atoms with E-state index in [0.29, 0.717) is 6.42 Å². The van der Waals surface area contributed by atoms with Gasteiger partial charge >= 0.3 is 0 Å². The van der Waals surface area contributed by atoms with Crippen molar-refractivity contribution in [3.8, 4) is 0 Å². The maximum atomic E-state index is 12.8. The molecule has 1 unspecified atom stereocenters. The predicted molar refractivity (Wildman–Crippen MR) is 78.7 cm³/mol. The Morgan fingerprint density at radius 3 is 3.10 bits per heavy atom. The fourth-order valence-corrected chi connectivity index (χ4v) is 3.13. The van der Waals surface area contributed by atoms with E-state index in [1.807, 2.05) is 35.4 Å². The number of hydrogen-bond acceptors (Lipinski definition) is 2. The number of H-pyrrole nitrogens is 1. The highest BCUT2D eigenvalue weighted by molar-refractivity contribution is 6.05. The van der Waals surface area contributed by atoms with Gasteiger partial charge in [-0.05, 0) is 37.8 Å². The maximum Gasteiger partial charge on any atom is 0.256 e. The molecular weight excluding hydrogens is 252 g/mol. The third kappa shape index (κ3) is 2.31. The Morgan fingerprint density at radius 2 is 2.25 bits per heavy atom. The number of fused-ring (bicyclic) bond motifs is 1. The molecule has 1 aromatic carbocycles. The lowest BCUT2D eigenvalue weighted by Gasteiger charge is -2.35. The highest BCUT2D eigenvalue weighted by Gasteiger charge is 2.27. The molecule has 0 bridgehead atoms. The number of aliphatic hydroxyl groups is 1. The Labute approximate surface area is 118 Å². The van der Waals surface area contributed by atoms with Gasteiger partial charge in [0.2, 0.25) is 0 Å². The van der Waals surface area contributed by atoms with Crippen LogP contribution in [0.3, 0.4) is 0 Å². The van der Waals surface area contributed by atoms with Gasteiger partial charge in [0.05, 0.1) is 11.1 Å². The average Bonchev–Trinajstić information content (AvgIpc) is 2.96.